The van der Waals surface area contributed by atoms with E-state index in [1.807, 2.05) is 12.1 Å². The average molecular weight is 386 g/mol. The van der Waals surface area contributed by atoms with E-state index < -0.39 is 5.63 Å². The fraction of sp³-hybridized carbons (Fsp3) is 0.238. The van der Waals surface area contributed by atoms with E-state index in [1.54, 1.807) is 43.5 Å². The van der Waals surface area contributed by atoms with Crippen LogP contribution in [0.5, 0.6) is 11.5 Å². The van der Waals surface area contributed by atoms with Crippen molar-refractivity contribution >= 4 is 33.6 Å². The fourth-order valence-corrected chi connectivity index (χ4v) is 2.69. The molecule has 0 radical (unpaired) electrons. The van der Waals surface area contributed by atoms with Crippen LogP contribution in [0.15, 0.2) is 51.7 Å². The van der Waals surface area contributed by atoms with Gasteiger partial charge in [-0.3, -0.25) is 0 Å². The Morgan fingerprint density at radius 1 is 1.22 bits per heavy atom. The molecule has 0 unspecified atom stereocenters. The first kappa shape index (κ1) is 19.0. The number of aromatic nitrogens is 1. The number of ether oxygens (including phenoxy) is 2. The van der Waals surface area contributed by atoms with Crippen LogP contribution in [0.4, 0.5) is 0 Å². The topological polar surface area (TPSA) is 61.6 Å². The fourth-order valence-electron chi connectivity index (χ4n) is 2.48. The third kappa shape index (κ3) is 4.49. The highest BCUT2D eigenvalue weighted by Crippen LogP contribution is 2.30. The van der Waals surface area contributed by atoms with Gasteiger partial charge < -0.3 is 13.9 Å². The summed E-state index contributed by atoms with van der Waals surface area (Å²) in [4.78, 5) is 16.4. The van der Waals surface area contributed by atoms with E-state index in [-0.39, 0.29) is 10.9 Å². The van der Waals surface area contributed by atoms with Crippen molar-refractivity contribution in [3.63, 3.8) is 0 Å². The van der Waals surface area contributed by atoms with Gasteiger partial charge in [-0.25, -0.2) is 9.78 Å². The molecule has 2 aromatic carbocycles. The van der Waals surface area contributed by atoms with Crippen LogP contribution in [0.2, 0.25) is 0 Å². The van der Waals surface area contributed by atoms with Gasteiger partial charge in [0.15, 0.2) is 11.5 Å². The lowest BCUT2D eigenvalue weighted by Gasteiger charge is -2.13. The average Bonchev–Trinajstić information content (AvgIpc) is 2.66. The standard InChI is InChI=1S/C21H20ClNO4/c1-13(2)12-26-18-9-8-14(11-19(18)25-3)10-16(22)20-23-17-7-5-4-6-15(17)21(24)27-20/h4-11,13H,12H2,1-3H3/b16-10-. The van der Waals surface area contributed by atoms with E-state index in [9.17, 15) is 4.79 Å². The summed E-state index contributed by atoms with van der Waals surface area (Å²) in [6.07, 6.45) is 1.66. The molecule has 1 aromatic heterocycles. The lowest BCUT2D eigenvalue weighted by molar-refractivity contribution is 0.257. The van der Waals surface area contributed by atoms with Gasteiger partial charge in [-0.2, -0.15) is 0 Å². The van der Waals surface area contributed by atoms with Gasteiger partial charge in [0.05, 0.1) is 24.6 Å². The zero-order valence-electron chi connectivity index (χ0n) is 15.4. The molecule has 6 heteroatoms. The van der Waals surface area contributed by atoms with Gasteiger partial charge in [-0.05, 0) is 41.8 Å². The number of hydrogen-bond donors (Lipinski definition) is 0. The molecule has 0 N–H and O–H groups in total. The number of nitrogens with zero attached hydrogens (tertiary/aromatic N) is 1. The number of hydrogen-bond acceptors (Lipinski definition) is 5. The summed E-state index contributed by atoms with van der Waals surface area (Å²) >= 11 is 6.35. The number of rotatable bonds is 6. The predicted molar refractivity (Wildman–Crippen MR) is 107 cm³/mol. The molecule has 0 atom stereocenters. The summed E-state index contributed by atoms with van der Waals surface area (Å²) in [5.41, 5.74) is 0.828. The van der Waals surface area contributed by atoms with Crippen molar-refractivity contribution in [1.29, 1.82) is 0 Å². The first-order chi connectivity index (χ1) is 13.0. The zero-order chi connectivity index (χ0) is 19.4. The molecule has 0 saturated heterocycles. The van der Waals surface area contributed by atoms with Gasteiger partial charge in [0.2, 0.25) is 5.89 Å². The Bertz CT molecular complexity index is 1040. The maximum Gasteiger partial charge on any atom is 0.347 e. The van der Waals surface area contributed by atoms with Gasteiger partial charge in [0, 0.05) is 0 Å². The van der Waals surface area contributed by atoms with Crippen molar-refractivity contribution < 1.29 is 13.9 Å². The molecule has 27 heavy (non-hydrogen) atoms. The lowest BCUT2D eigenvalue weighted by Crippen LogP contribution is -2.05. The van der Waals surface area contributed by atoms with Crippen LogP contribution in [0, 0.1) is 5.92 Å². The van der Waals surface area contributed by atoms with Crippen LogP contribution in [-0.2, 0) is 0 Å². The highest BCUT2D eigenvalue weighted by molar-refractivity contribution is 6.50. The Labute approximate surface area is 162 Å². The molecule has 3 rings (SSSR count). The van der Waals surface area contributed by atoms with E-state index in [0.29, 0.717) is 34.9 Å². The summed E-state index contributed by atoms with van der Waals surface area (Å²) in [6, 6.07) is 12.4. The predicted octanol–water partition coefficient (Wildman–Crippen LogP) is 4.97. The molecular weight excluding hydrogens is 366 g/mol. The summed E-state index contributed by atoms with van der Waals surface area (Å²) in [6.45, 7) is 4.75. The normalized spacial score (nSPS) is 11.8. The second kappa shape index (κ2) is 8.27. The van der Waals surface area contributed by atoms with Crippen LogP contribution in [0.3, 0.4) is 0 Å². The van der Waals surface area contributed by atoms with Crippen molar-refractivity contribution in [3.8, 4) is 11.5 Å². The minimum atomic E-state index is -0.475. The third-order valence-corrected chi connectivity index (χ3v) is 4.06. The molecule has 5 nitrogen and oxygen atoms in total. The molecule has 1 heterocycles. The molecular formula is C21H20ClNO4. The number of benzene rings is 2. The summed E-state index contributed by atoms with van der Waals surface area (Å²) < 4.78 is 16.4. The molecule has 0 fully saturated rings. The molecule has 0 saturated carbocycles. The second-order valence-corrected chi connectivity index (χ2v) is 6.84. The summed E-state index contributed by atoms with van der Waals surface area (Å²) in [5, 5.41) is 0.634. The second-order valence-electron chi connectivity index (χ2n) is 6.43. The first-order valence-electron chi connectivity index (χ1n) is 8.56. The monoisotopic (exact) mass is 385 g/mol. The van der Waals surface area contributed by atoms with E-state index in [2.05, 4.69) is 18.8 Å². The van der Waals surface area contributed by atoms with Gasteiger partial charge >= 0.3 is 5.63 Å². The van der Waals surface area contributed by atoms with Crippen LogP contribution in [-0.4, -0.2) is 18.7 Å². The van der Waals surface area contributed by atoms with Crippen molar-refractivity contribution in [2.24, 2.45) is 5.92 Å². The van der Waals surface area contributed by atoms with Crippen LogP contribution in [0.1, 0.15) is 25.3 Å². The number of halogens is 1. The van der Waals surface area contributed by atoms with Gasteiger partial charge in [-0.1, -0.05) is 43.6 Å². The number of para-hydroxylation sites is 1. The maximum absolute atomic E-state index is 12.1. The largest absolute Gasteiger partial charge is 0.493 e. The van der Waals surface area contributed by atoms with Crippen LogP contribution < -0.4 is 15.1 Å². The quantitative estimate of drug-likeness (QED) is 0.599. The molecule has 0 amide bonds. The van der Waals surface area contributed by atoms with Crippen molar-refractivity contribution in [1.82, 2.24) is 4.98 Å². The Balaban J connectivity index is 1.93. The smallest absolute Gasteiger partial charge is 0.347 e. The minimum Gasteiger partial charge on any atom is -0.493 e. The lowest BCUT2D eigenvalue weighted by atomic mass is 10.2. The van der Waals surface area contributed by atoms with E-state index in [0.717, 1.165) is 5.56 Å². The zero-order valence-corrected chi connectivity index (χ0v) is 16.1. The van der Waals surface area contributed by atoms with Gasteiger partial charge in [0.25, 0.3) is 0 Å². The minimum absolute atomic E-state index is 0.0690. The summed E-state index contributed by atoms with van der Waals surface area (Å²) in [7, 11) is 1.58. The molecule has 0 bridgehead atoms. The molecule has 0 aliphatic heterocycles. The maximum atomic E-state index is 12.1. The van der Waals surface area contributed by atoms with Crippen molar-refractivity contribution in [3.05, 3.63) is 64.3 Å². The highest BCUT2D eigenvalue weighted by atomic mass is 35.5. The van der Waals surface area contributed by atoms with Crippen LogP contribution in [0.25, 0.3) is 22.0 Å². The van der Waals surface area contributed by atoms with E-state index in [4.69, 9.17) is 25.5 Å². The molecule has 0 spiro atoms. The molecule has 0 aliphatic carbocycles. The molecule has 0 aliphatic rings. The number of methoxy groups -OCH3 is 1. The SMILES string of the molecule is COc1cc(/C=C(\Cl)c2nc3ccccc3c(=O)o2)ccc1OCC(C)C. The Morgan fingerprint density at radius 2 is 2.00 bits per heavy atom. The van der Waals surface area contributed by atoms with Gasteiger partial charge in [-0.15, -0.1) is 0 Å². The Morgan fingerprint density at radius 3 is 2.74 bits per heavy atom. The number of fused-ring (bicyclic) bond motifs is 1. The van der Waals surface area contributed by atoms with Gasteiger partial charge in [0.1, 0.15) is 5.03 Å². The summed E-state index contributed by atoms with van der Waals surface area (Å²) in [5.74, 6) is 1.74. The van der Waals surface area contributed by atoms with E-state index >= 15 is 0 Å². The van der Waals surface area contributed by atoms with Crippen molar-refractivity contribution in [2.75, 3.05) is 13.7 Å². The Kier molecular flexibility index (Phi) is 5.81. The molecule has 3 aromatic rings. The third-order valence-electron chi connectivity index (χ3n) is 3.79. The first-order valence-corrected chi connectivity index (χ1v) is 8.94. The highest BCUT2D eigenvalue weighted by Gasteiger charge is 2.11. The van der Waals surface area contributed by atoms with Crippen LogP contribution >= 0.6 is 11.6 Å². The molecule has 140 valence electrons. The van der Waals surface area contributed by atoms with Crippen molar-refractivity contribution in [2.45, 2.75) is 13.8 Å². The Hall–Kier alpha value is -2.79. The van der Waals surface area contributed by atoms with E-state index in [1.165, 1.54) is 0 Å².